The topological polar surface area (TPSA) is 118 Å². The van der Waals surface area contributed by atoms with Gasteiger partial charge in [0.15, 0.2) is 5.82 Å². The summed E-state index contributed by atoms with van der Waals surface area (Å²) < 4.78 is 1.53. The molecule has 0 saturated carbocycles. The van der Waals surface area contributed by atoms with Crippen LogP contribution in [-0.4, -0.2) is 43.6 Å². The number of anilines is 1. The van der Waals surface area contributed by atoms with Crippen LogP contribution >= 0.6 is 11.6 Å². The lowest BCUT2D eigenvalue weighted by Gasteiger charge is -2.08. The molecule has 0 aliphatic carbocycles. The highest BCUT2D eigenvalue weighted by Gasteiger charge is 2.14. The number of benzene rings is 2. The monoisotopic (exact) mass is 423 g/mol. The number of nitrogens with zero attached hydrogens (tertiary/aromatic N) is 4. The smallest absolute Gasteiger partial charge is 0.313 e. The molecule has 10 heteroatoms. The maximum atomic E-state index is 12.2. The van der Waals surface area contributed by atoms with Crippen LogP contribution in [0.2, 0.25) is 5.02 Å². The second kappa shape index (κ2) is 8.34. The van der Waals surface area contributed by atoms with Gasteiger partial charge in [0.1, 0.15) is 0 Å². The number of amides is 2. The van der Waals surface area contributed by atoms with Crippen LogP contribution in [0.15, 0.2) is 48.7 Å². The molecule has 0 atom stereocenters. The SMILES string of the molecule is Cc1nnnn1-c1cccc(NC(=O)C(=O)NCCc2c[nH]c3ccc(Cl)cc23)c1. The zero-order valence-electron chi connectivity index (χ0n) is 16.0. The summed E-state index contributed by atoms with van der Waals surface area (Å²) in [5.41, 5.74) is 3.12. The van der Waals surface area contributed by atoms with E-state index in [-0.39, 0.29) is 0 Å². The first-order chi connectivity index (χ1) is 14.5. The van der Waals surface area contributed by atoms with Crippen molar-refractivity contribution in [1.82, 2.24) is 30.5 Å². The Morgan fingerprint density at radius 2 is 2.03 bits per heavy atom. The maximum Gasteiger partial charge on any atom is 0.313 e. The first-order valence-corrected chi connectivity index (χ1v) is 9.59. The number of hydrogen-bond donors (Lipinski definition) is 3. The van der Waals surface area contributed by atoms with Gasteiger partial charge in [0.05, 0.1) is 5.69 Å². The fourth-order valence-corrected chi connectivity index (χ4v) is 3.29. The number of carbonyl (C=O) groups excluding carboxylic acids is 2. The Kier molecular flexibility index (Phi) is 5.44. The van der Waals surface area contributed by atoms with Crippen molar-refractivity contribution >= 4 is 40.0 Å². The number of aryl methyl sites for hydroxylation is 1. The molecule has 0 aliphatic heterocycles. The van der Waals surface area contributed by atoms with Crippen LogP contribution in [0.4, 0.5) is 5.69 Å². The summed E-state index contributed by atoms with van der Waals surface area (Å²) in [7, 11) is 0. The van der Waals surface area contributed by atoms with E-state index < -0.39 is 11.8 Å². The Morgan fingerprint density at radius 1 is 1.17 bits per heavy atom. The number of halogens is 1. The summed E-state index contributed by atoms with van der Waals surface area (Å²) in [5.74, 6) is -0.853. The van der Waals surface area contributed by atoms with E-state index >= 15 is 0 Å². The highest BCUT2D eigenvalue weighted by molar-refractivity contribution is 6.39. The van der Waals surface area contributed by atoms with Crippen molar-refractivity contribution in [2.75, 3.05) is 11.9 Å². The molecule has 2 amide bonds. The van der Waals surface area contributed by atoms with E-state index in [1.807, 2.05) is 24.4 Å². The van der Waals surface area contributed by atoms with E-state index in [9.17, 15) is 9.59 Å². The summed E-state index contributed by atoms with van der Waals surface area (Å²) in [6, 6.07) is 12.5. The summed E-state index contributed by atoms with van der Waals surface area (Å²) >= 11 is 6.05. The molecule has 0 radical (unpaired) electrons. The number of hydrogen-bond acceptors (Lipinski definition) is 5. The van der Waals surface area contributed by atoms with E-state index in [1.54, 1.807) is 31.2 Å². The average Bonchev–Trinajstić information content (AvgIpc) is 3.34. The van der Waals surface area contributed by atoms with Gasteiger partial charge in [-0.05, 0) is 65.7 Å². The molecule has 4 rings (SSSR count). The summed E-state index contributed by atoms with van der Waals surface area (Å²) in [6.07, 6.45) is 2.44. The van der Waals surface area contributed by atoms with Gasteiger partial charge < -0.3 is 15.6 Å². The number of tetrazole rings is 1. The van der Waals surface area contributed by atoms with Gasteiger partial charge in [0, 0.05) is 34.4 Å². The van der Waals surface area contributed by atoms with Gasteiger partial charge in [-0.25, -0.2) is 0 Å². The Labute approximate surface area is 176 Å². The molecule has 0 bridgehead atoms. The number of aromatic nitrogens is 5. The molecule has 0 saturated heterocycles. The minimum absolute atomic E-state index is 0.315. The van der Waals surface area contributed by atoms with Gasteiger partial charge in [-0.15, -0.1) is 5.10 Å². The van der Waals surface area contributed by atoms with Crippen LogP contribution in [0.3, 0.4) is 0 Å². The zero-order chi connectivity index (χ0) is 21.1. The molecule has 0 spiro atoms. The van der Waals surface area contributed by atoms with Gasteiger partial charge >= 0.3 is 11.8 Å². The first kappa shape index (κ1) is 19.6. The number of H-pyrrole nitrogens is 1. The van der Waals surface area contributed by atoms with Crippen molar-refractivity contribution in [2.45, 2.75) is 13.3 Å². The summed E-state index contributed by atoms with van der Waals surface area (Å²) in [5, 5.41) is 18.2. The molecule has 2 aromatic carbocycles. The number of carbonyl (C=O) groups is 2. The fraction of sp³-hybridized carbons (Fsp3) is 0.150. The molecule has 3 N–H and O–H groups in total. The Hall–Kier alpha value is -3.72. The largest absolute Gasteiger partial charge is 0.361 e. The minimum Gasteiger partial charge on any atom is -0.361 e. The summed E-state index contributed by atoms with van der Waals surface area (Å²) in [4.78, 5) is 27.6. The third-order valence-corrected chi connectivity index (χ3v) is 4.82. The van der Waals surface area contributed by atoms with Crippen molar-refractivity contribution in [2.24, 2.45) is 0 Å². The van der Waals surface area contributed by atoms with Crippen LogP contribution in [0.25, 0.3) is 16.6 Å². The molecule has 0 aliphatic rings. The molecule has 2 aromatic heterocycles. The van der Waals surface area contributed by atoms with Crippen molar-refractivity contribution in [1.29, 1.82) is 0 Å². The lowest BCUT2D eigenvalue weighted by atomic mass is 10.1. The quantitative estimate of drug-likeness (QED) is 0.426. The molecule has 4 aromatic rings. The second-order valence-electron chi connectivity index (χ2n) is 6.65. The predicted octanol–water partition coefficient (Wildman–Crippen LogP) is 2.40. The van der Waals surface area contributed by atoms with Crippen LogP contribution in [0.5, 0.6) is 0 Å². The van der Waals surface area contributed by atoms with Gasteiger partial charge in [-0.3, -0.25) is 9.59 Å². The van der Waals surface area contributed by atoms with Crippen LogP contribution in [-0.2, 0) is 16.0 Å². The van der Waals surface area contributed by atoms with Gasteiger partial charge in [0.2, 0.25) is 0 Å². The van der Waals surface area contributed by atoms with Crippen molar-refractivity contribution in [3.8, 4) is 5.69 Å². The Balaban J connectivity index is 1.35. The van der Waals surface area contributed by atoms with Crippen LogP contribution in [0, 0.1) is 6.92 Å². The number of fused-ring (bicyclic) bond motifs is 1. The zero-order valence-corrected chi connectivity index (χ0v) is 16.8. The molecular weight excluding hydrogens is 406 g/mol. The van der Waals surface area contributed by atoms with Crippen molar-refractivity contribution in [3.05, 3.63) is 65.1 Å². The molecular formula is C20H18ClN7O2. The second-order valence-corrected chi connectivity index (χ2v) is 7.09. The number of rotatable bonds is 5. The lowest BCUT2D eigenvalue weighted by Crippen LogP contribution is -2.36. The van der Waals surface area contributed by atoms with Gasteiger partial charge in [-0.2, -0.15) is 4.68 Å². The van der Waals surface area contributed by atoms with E-state index in [2.05, 4.69) is 31.1 Å². The Bertz CT molecular complexity index is 1230. The predicted molar refractivity (Wildman–Crippen MR) is 113 cm³/mol. The molecule has 2 heterocycles. The van der Waals surface area contributed by atoms with Gasteiger partial charge in [-0.1, -0.05) is 17.7 Å². The van der Waals surface area contributed by atoms with E-state index in [1.165, 1.54) is 4.68 Å². The molecule has 152 valence electrons. The van der Waals surface area contributed by atoms with E-state index in [0.717, 1.165) is 16.5 Å². The van der Waals surface area contributed by atoms with E-state index in [4.69, 9.17) is 11.6 Å². The molecule has 0 fully saturated rings. The third kappa shape index (κ3) is 4.15. The Morgan fingerprint density at radius 3 is 2.83 bits per heavy atom. The normalized spacial score (nSPS) is 10.9. The molecule has 9 nitrogen and oxygen atoms in total. The van der Waals surface area contributed by atoms with Gasteiger partial charge in [0.25, 0.3) is 0 Å². The highest BCUT2D eigenvalue weighted by atomic mass is 35.5. The molecule has 30 heavy (non-hydrogen) atoms. The lowest BCUT2D eigenvalue weighted by molar-refractivity contribution is -0.136. The summed E-state index contributed by atoms with van der Waals surface area (Å²) in [6.45, 7) is 2.08. The number of aromatic amines is 1. The fourth-order valence-electron chi connectivity index (χ4n) is 3.12. The van der Waals surface area contributed by atoms with Crippen LogP contribution in [0.1, 0.15) is 11.4 Å². The maximum absolute atomic E-state index is 12.2. The average molecular weight is 424 g/mol. The van der Waals surface area contributed by atoms with Crippen molar-refractivity contribution in [3.63, 3.8) is 0 Å². The first-order valence-electron chi connectivity index (χ1n) is 9.21. The number of nitrogens with one attached hydrogen (secondary N) is 3. The van der Waals surface area contributed by atoms with Crippen molar-refractivity contribution < 1.29 is 9.59 Å². The van der Waals surface area contributed by atoms with E-state index in [0.29, 0.717) is 35.2 Å². The van der Waals surface area contributed by atoms with Crippen LogP contribution < -0.4 is 10.6 Å². The third-order valence-electron chi connectivity index (χ3n) is 4.59. The molecule has 0 unspecified atom stereocenters. The highest BCUT2D eigenvalue weighted by Crippen LogP contribution is 2.22. The minimum atomic E-state index is -0.748. The standard InChI is InChI=1S/C20H18ClN7O2/c1-12-25-26-27-28(12)16-4-2-3-15(10-16)24-20(30)19(29)22-8-7-13-11-23-18-6-5-14(21)9-17(13)18/h2-6,9-11,23H,7-8H2,1H3,(H,22,29)(H,24,30).